The number of carbonyl (C=O) groups excluding carboxylic acids is 8. The van der Waals surface area contributed by atoms with Gasteiger partial charge in [-0.05, 0) is 226 Å². The molecule has 0 aliphatic carbocycles. The van der Waals surface area contributed by atoms with Crippen molar-refractivity contribution >= 4 is 103 Å². The summed E-state index contributed by atoms with van der Waals surface area (Å²) in [5, 5.41) is 19.6. The van der Waals surface area contributed by atoms with Gasteiger partial charge in [-0.3, -0.25) is 58.4 Å². The van der Waals surface area contributed by atoms with E-state index in [4.69, 9.17) is 27.6 Å². The Morgan fingerprint density at radius 2 is 0.713 bits per heavy atom. The average Bonchev–Trinajstić information content (AvgIpc) is 1.42. The zero-order valence-electron chi connectivity index (χ0n) is 80.0. The van der Waals surface area contributed by atoms with Crippen molar-refractivity contribution in [2.24, 2.45) is 0 Å². The number of nitrogens with one attached hydrogen (secondary N) is 4. The van der Waals surface area contributed by atoms with Crippen LogP contribution in [0.4, 0.5) is 29.2 Å². The number of pyridine rings is 4. The smallest absolute Gasteiger partial charge is 0.290 e. The fraction of sp³-hybridized carbons (Fsp3) is 0.365. The molecule has 32 heteroatoms. The van der Waals surface area contributed by atoms with Gasteiger partial charge in [0.1, 0.15) is 73.3 Å². The van der Waals surface area contributed by atoms with Gasteiger partial charge in [0.25, 0.3) is 35.4 Å². The number of amides is 8. The molecule has 0 bridgehead atoms. The number of hydrogen-bond acceptors (Lipinski definition) is 18. The highest BCUT2D eigenvalue weighted by atomic mass is 19.1. The molecule has 28 nitrogen and oxygen atoms in total. The van der Waals surface area contributed by atoms with Crippen molar-refractivity contribution < 1.29 is 73.6 Å². The first-order valence-corrected chi connectivity index (χ1v) is 45.5. The largest absolute Gasteiger partial charge is 0.449 e. The van der Waals surface area contributed by atoms with Crippen LogP contribution in [0.1, 0.15) is 225 Å². The van der Waals surface area contributed by atoms with E-state index in [2.05, 4.69) is 110 Å². The van der Waals surface area contributed by atoms with E-state index in [-0.39, 0.29) is 116 Å². The minimum atomic E-state index is -1.11. The van der Waals surface area contributed by atoms with Crippen molar-refractivity contribution in [1.82, 2.24) is 70.6 Å². The minimum absolute atomic E-state index is 0.120. The lowest BCUT2D eigenvalue weighted by Gasteiger charge is -2.45. The van der Waals surface area contributed by atoms with Crippen LogP contribution in [0.3, 0.4) is 0 Å². The molecule has 14 heterocycles. The van der Waals surface area contributed by atoms with E-state index in [1.165, 1.54) is 58.3 Å². The highest BCUT2D eigenvalue weighted by molar-refractivity contribution is 6.08. The van der Waals surface area contributed by atoms with Crippen LogP contribution in [0.15, 0.2) is 176 Å². The van der Waals surface area contributed by atoms with E-state index in [1.807, 2.05) is 44.2 Å². The lowest BCUT2D eigenvalue weighted by Crippen LogP contribution is -2.65. The molecule has 4 fully saturated rings. The fourth-order valence-electron chi connectivity index (χ4n) is 17.3. The molecule has 18 rings (SSSR count). The van der Waals surface area contributed by atoms with Crippen LogP contribution < -0.4 is 20.4 Å². The van der Waals surface area contributed by atoms with Gasteiger partial charge in [-0.2, -0.15) is 10.2 Å². The number of aromatic amines is 2. The predicted octanol–water partition coefficient (Wildman–Crippen LogP) is 19.5. The molecule has 4 saturated heterocycles. The molecule has 0 unspecified atom stereocenters. The number of piperazine rings is 4. The number of halogens is 4. The molecular formula is C104H112F4N16O12. The van der Waals surface area contributed by atoms with E-state index in [0.717, 1.165) is 68.6 Å². The summed E-state index contributed by atoms with van der Waals surface area (Å²) < 4.78 is 78.1. The number of fused-ring (bicyclic) bond motifs is 4. The molecule has 4 aliphatic heterocycles. The van der Waals surface area contributed by atoms with Crippen LogP contribution >= 0.6 is 0 Å². The number of nitrogens with zero attached hydrogens (tertiary/aromatic N) is 12. The Bertz CT molecular complexity index is 6790. The number of rotatable bonds is 14. The maximum atomic E-state index is 13.7. The van der Waals surface area contributed by atoms with Crippen molar-refractivity contribution in [2.75, 3.05) is 62.2 Å². The Morgan fingerprint density at radius 1 is 0.404 bits per heavy atom. The van der Waals surface area contributed by atoms with Gasteiger partial charge in [0.2, 0.25) is 11.8 Å². The van der Waals surface area contributed by atoms with Crippen molar-refractivity contribution in [2.45, 2.75) is 196 Å². The number of anilines is 2. The van der Waals surface area contributed by atoms with Crippen LogP contribution in [0.25, 0.3) is 89.4 Å². The summed E-state index contributed by atoms with van der Waals surface area (Å²) in [4.78, 5) is 134. The maximum Gasteiger partial charge on any atom is 0.290 e. The summed E-state index contributed by atoms with van der Waals surface area (Å²) in [7, 11) is 0. The number of aromatic nitrogens is 8. The number of H-pyrrole nitrogens is 2. The quantitative estimate of drug-likeness (QED) is 0.0735. The lowest BCUT2D eigenvalue weighted by atomic mass is 9.86. The van der Waals surface area contributed by atoms with Crippen molar-refractivity contribution in [1.29, 1.82) is 0 Å². The third kappa shape index (κ3) is 18.8. The number of aryl methyl sites for hydroxylation is 2. The van der Waals surface area contributed by atoms with Gasteiger partial charge in [0.15, 0.2) is 51.2 Å². The lowest BCUT2D eigenvalue weighted by molar-refractivity contribution is -0.133. The highest BCUT2D eigenvalue weighted by Gasteiger charge is 2.50. The summed E-state index contributed by atoms with van der Waals surface area (Å²) in [5.74, 6) is -1.41. The van der Waals surface area contributed by atoms with Crippen LogP contribution in [-0.2, 0) is 30.0 Å². The van der Waals surface area contributed by atoms with Gasteiger partial charge in [0, 0.05) is 138 Å². The molecule has 708 valence electrons. The Labute approximate surface area is 784 Å². The minimum Gasteiger partial charge on any atom is -0.449 e. The van der Waals surface area contributed by atoms with Gasteiger partial charge in [-0.25, -0.2) is 37.5 Å². The number of hydrogen-bond donors (Lipinski definition) is 4. The zero-order chi connectivity index (χ0) is 98.1. The van der Waals surface area contributed by atoms with E-state index in [1.54, 1.807) is 154 Å². The van der Waals surface area contributed by atoms with Crippen LogP contribution in [-0.4, -0.2) is 182 Å². The van der Waals surface area contributed by atoms with E-state index >= 15 is 0 Å². The first-order valence-electron chi connectivity index (χ1n) is 45.5. The summed E-state index contributed by atoms with van der Waals surface area (Å²) in [6, 6.07) is 40.7. The maximum absolute atomic E-state index is 13.7. The molecule has 0 saturated carbocycles. The van der Waals surface area contributed by atoms with Crippen LogP contribution in [0.2, 0.25) is 0 Å². The Hall–Kier alpha value is -14.5. The second kappa shape index (κ2) is 37.1. The Kier molecular flexibility index (Phi) is 26.2. The number of carbonyl (C=O) groups is 8. The van der Waals surface area contributed by atoms with Crippen LogP contribution in [0.5, 0.6) is 0 Å². The monoisotopic (exact) mass is 1850 g/mol. The third-order valence-corrected chi connectivity index (χ3v) is 26.0. The first kappa shape index (κ1) is 96.1. The predicted molar refractivity (Wildman–Crippen MR) is 510 cm³/mol. The Morgan fingerprint density at radius 3 is 1.02 bits per heavy atom. The molecule has 8 amide bonds. The van der Waals surface area contributed by atoms with Gasteiger partial charge < -0.3 is 47.9 Å². The van der Waals surface area contributed by atoms with Crippen molar-refractivity contribution in [3.05, 3.63) is 238 Å². The normalized spacial score (nSPS) is 16.4. The molecule has 4 aliphatic rings. The van der Waals surface area contributed by atoms with E-state index in [0.29, 0.717) is 131 Å². The van der Waals surface area contributed by atoms with Gasteiger partial charge >= 0.3 is 0 Å². The SMILES string of the molecule is CC[C@@H](C)c1cc(-c2ccc(F)cc2)nc2cc(C(=O)N3CCNC(=O)C3(C)C)oc12.CC[C@H](C)c1cc(-c2ccc(F)cc2)nc2cc(C(=O)N3CCNC(=O)C3(C)C)oc12.Cc1cc(N2CCN(C(=O)c3cc4nc(-c5ccc(F)cc5)cc(C(C)(C)C)c4o3)C(C)(C)C2=O)n[nH]1.Cc1cn[nH]c1N1CCN(C(=O)c2cc3nc(-c4ccc(F)cc4)cc(C(C)(C)C)c3o2)C(C)(C)C1=O. The van der Waals surface area contributed by atoms with Gasteiger partial charge in [0.05, 0.1) is 29.0 Å². The molecular weight excluding hydrogens is 1740 g/mol. The molecule has 136 heavy (non-hydrogen) atoms. The fourth-order valence-corrected chi connectivity index (χ4v) is 17.3. The number of benzene rings is 4. The summed E-state index contributed by atoms with van der Waals surface area (Å²) in [6.45, 7) is 41.1. The van der Waals surface area contributed by atoms with Crippen molar-refractivity contribution in [3.63, 3.8) is 0 Å². The topological polar surface area (TPSA) is 342 Å². The molecule has 0 radical (unpaired) electrons. The number of furan rings is 4. The van der Waals surface area contributed by atoms with E-state index in [9.17, 15) is 55.9 Å². The third-order valence-electron chi connectivity index (χ3n) is 26.0. The molecule has 2 atom stereocenters. The van der Waals surface area contributed by atoms with E-state index < -0.39 is 22.2 Å². The second-order valence-corrected chi connectivity index (χ2v) is 39.0. The molecule has 4 N–H and O–H groups in total. The molecule has 4 aromatic carbocycles. The van der Waals surface area contributed by atoms with Gasteiger partial charge in [-0.15, -0.1) is 0 Å². The summed E-state index contributed by atoms with van der Waals surface area (Å²) >= 11 is 0. The molecule has 10 aromatic heterocycles. The molecule has 0 spiro atoms. The van der Waals surface area contributed by atoms with Crippen LogP contribution in [0, 0.1) is 37.1 Å². The average molecular weight is 1850 g/mol. The van der Waals surface area contributed by atoms with Gasteiger partial charge in [-0.1, -0.05) is 69.2 Å². The van der Waals surface area contributed by atoms with Crippen molar-refractivity contribution in [3.8, 4) is 45.0 Å². The summed E-state index contributed by atoms with van der Waals surface area (Å²) in [5.41, 5.74) is 10.8. The zero-order valence-corrected chi connectivity index (χ0v) is 80.0. The Balaban J connectivity index is 0.000000138. The summed E-state index contributed by atoms with van der Waals surface area (Å²) in [6.07, 6.45) is 3.43. The highest BCUT2D eigenvalue weighted by Crippen LogP contribution is 2.43. The standard InChI is InChI=1S/2C28H30FN5O3.2C24H26FN3O3/c1-16-15-30-32-24(16)33-11-12-34(28(5,6)26(33)36)25(35)22-14-21-23(37-22)19(27(2,3)4)13-20(31-21)17-7-9-18(29)10-8-17;1-16-13-23(32-31-16)33-11-12-34(28(5,6)26(33)36)25(35)22-15-21-24(37-22)19(27(2,3)4)14-20(30-21)17-7-9-18(29)10-8-17;2*1-5-14(2)17-12-18(15-6-8-16(25)9-7-15)27-19-13-20(31-21(17)19)22(29)28-11-10-26-23(30)24(28,3)4/h7-10,13-15H,11-12H2,1-6H3,(H,30,32);7-10,13-15H,11-12H2,1-6H3,(H,31,32);2*6-9,12-14H,5,10-11H2,1-4H3,(H,26,30)/t;;2*14-/m..10/s1. The first-order chi connectivity index (χ1) is 64.2. The molecule has 14 aromatic rings. The second-order valence-electron chi connectivity index (χ2n) is 39.0.